The molecule has 77 heavy (non-hydrogen) atoms. The predicted molar refractivity (Wildman–Crippen MR) is 312 cm³/mol. The van der Waals surface area contributed by atoms with Crippen LogP contribution < -0.4 is 0 Å². The molecular formula is C65H102O12. The summed E-state index contributed by atoms with van der Waals surface area (Å²) >= 11 is 0. The van der Waals surface area contributed by atoms with Gasteiger partial charge in [0.15, 0.2) is 24.6 Å². The molecule has 6 atom stereocenters. The van der Waals surface area contributed by atoms with Crippen molar-refractivity contribution in [2.45, 2.75) is 250 Å². The number of rotatable bonds is 48. The smallest absolute Gasteiger partial charge is 0.335 e. The van der Waals surface area contributed by atoms with Crippen LogP contribution in [-0.2, 0) is 42.9 Å². The van der Waals surface area contributed by atoms with E-state index in [4.69, 9.17) is 23.7 Å². The monoisotopic (exact) mass is 1070 g/mol. The second-order valence-corrected chi connectivity index (χ2v) is 19.5. The second-order valence-electron chi connectivity index (χ2n) is 19.5. The minimum absolute atomic E-state index is 0.0269. The maximum absolute atomic E-state index is 13.1. The zero-order chi connectivity index (χ0) is 56.1. The van der Waals surface area contributed by atoms with E-state index in [1.807, 2.05) is 12.2 Å². The molecule has 1 rings (SSSR count). The Hall–Kier alpha value is -4.88. The molecule has 6 unspecified atom stereocenters. The number of unbranched alkanes of at least 4 members (excludes halogenated alkanes) is 14. The Bertz CT molecular complexity index is 1800. The van der Waals surface area contributed by atoms with Gasteiger partial charge in [0, 0.05) is 19.3 Å². The molecule has 3 N–H and O–H groups in total. The number of carbonyl (C=O) groups excluding carboxylic acids is 3. The van der Waals surface area contributed by atoms with E-state index in [0.717, 1.165) is 128 Å². The molecule has 0 radical (unpaired) electrons. The van der Waals surface area contributed by atoms with Gasteiger partial charge in [-0.05, 0) is 116 Å². The Balaban J connectivity index is 2.76. The quantitative estimate of drug-likeness (QED) is 0.0228. The van der Waals surface area contributed by atoms with Crippen molar-refractivity contribution in [2.24, 2.45) is 0 Å². The first-order valence-corrected chi connectivity index (χ1v) is 29.5. The number of carbonyl (C=O) groups is 4. The third-order valence-electron chi connectivity index (χ3n) is 12.5. The van der Waals surface area contributed by atoms with Gasteiger partial charge in [0.25, 0.3) is 0 Å². The largest absolute Gasteiger partial charge is 0.479 e. The Labute approximate surface area is 465 Å². The normalized spacial score (nSPS) is 18.9. The summed E-state index contributed by atoms with van der Waals surface area (Å²) in [6, 6.07) is 0. The van der Waals surface area contributed by atoms with Crippen LogP contribution in [0.4, 0.5) is 0 Å². The van der Waals surface area contributed by atoms with Crippen LogP contribution in [0.25, 0.3) is 0 Å². The topological polar surface area (TPSA) is 175 Å². The van der Waals surface area contributed by atoms with E-state index in [9.17, 15) is 34.5 Å². The molecule has 1 aliphatic heterocycles. The fraction of sp³-hybridized carbons (Fsp3) is 0.631. The van der Waals surface area contributed by atoms with Crippen LogP contribution in [0.5, 0.6) is 0 Å². The van der Waals surface area contributed by atoms with E-state index in [1.165, 1.54) is 25.7 Å². The summed E-state index contributed by atoms with van der Waals surface area (Å²) < 4.78 is 28.3. The highest BCUT2D eigenvalue weighted by atomic mass is 16.7. The lowest BCUT2D eigenvalue weighted by molar-refractivity contribution is -0.301. The molecule has 0 aromatic carbocycles. The number of hydrogen-bond acceptors (Lipinski definition) is 11. The van der Waals surface area contributed by atoms with Crippen LogP contribution in [0.1, 0.15) is 213 Å². The number of aliphatic carboxylic acids is 1. The number of aliphatic hydroxyl groups is 2. The number of aliphatic hydroxyl groups excluding tert-OH is 2. The molecule has 1 aliphatic rings. The maximum atomic E-state index is 13.1. The Morgan fingerprint density at radius 1 is 0.442 bits per heavy atom. The van der Waals surface area contributed by atoms with Crippen LogP contribution in [0, 0.1) is 0 Å². The molecule has 1 heterocycles. The van der Waals surface area contributed by atoms with Gasteiger partial charge in [-0.25, -0.2) is 4.79 Å². The van der Waals surface area contributed by atoms with Crippen molar-refractivity contribution >= 4 is 23.9 Å². The third kappa shape index (κ3) is 41.8. The Morgan fingerprint density at radius 2 is 0.844 bits per heavy atom. The molecule has 0 aliphatic carbocycles. The molecule has 0 aromatic heterocycles. The second kappa shape index (κ2) is 51.9. The molecule has 0 bridgehead atoms. The van der Waals surface area contributed by atoms with Gasteiger partial charge in [0.2, 0.25) is 0 Å². The van der Waals surface area contributed by atoms with Gasteiger partial charge in [-0.2, -0.15) is 0 Å². The van der Waals surface area contributed by atoms with Gasteiger partial charge < -0.3 is 39.0 Å². The zero-order valence-electron chi connectivity index (χ0n) is 47.7. The number of esters is 3. The Kier molecular flexibility index (Phi) is 47.2. The zero-order valence-corrected chi connectivity index (χ0v) is 47.7. The number of hydrogen-bond donors (Lipinski definition) is 3. The van der Waals surface area contributed by atoms with Gasteiger partial charge in [-0.1, -0.05) is 200 Å². The number of carboxylic acid groups (broad SMARTS) is 1. The molecule has 0 spiro atoms. The summed E-state index contributed by atoms with van der Waals surface area (Å²) in [5.74, 6) is -3.28. The number of allylic oxidation sites excluding steroid dienone is 20. The predicted octanol–water partition coefficient (Wildman–Crippen LogP) is 15.2. The number of carboxylic acids is 1. The molecule has 0 saturated carbocycles. The average Bonchev–Trinajstić information content (AvgIpc) is 3.42. The first kappa shape index (κ1) is 70.1. The van der Waals surface area contributed by atoms with Gasteiger partial charge in [0.05, 0.1) is 6.61 Å². The van der Waals surface area contributed by atoms with Crippen molar-refractivity contribution in [3.05, 3.63) is 122 Å². The van der Waals surface area contributed by atoms with Gasteiger partial charge in [-0.3, -0.25) is 14.4 Å². The van der Waals surface area contributed by atoms with Crippen LogP contribution in [0.15, 0.2) is 122 Å². The first-order chi connectivity index (χ1) is 37.6. The van der Waals surface area contributed by atoms with Crippen LogP contribution >= 0.6 is 0 Å². The van der Waals surface area contributed by atoms with Gasteiger partial charge >= 0.3 is 23.9 Å². The summed E-state index contributed by atoms with van der Waals surface area (Å²) in [5.41, 5.74) is 0. The van der Waals surface area contributed by atoms with E-state index in [1.54, 1.807) is 0 Å². The van der Waals surface area contributed by atoms with E-state index in [0.29, 0.717) is 19.3 Å². The fourth-order valence-corrected chi connectivity index (χ4v) is 8.05. The summed E-state index contributed by atoms with van der Waals surface area (Å²) in [6.45, 7) is 5.65. The van der Waals surface area contributed by atoms with Crippen LogP contribution in [0.3, 0.4) is 0 Å². The van der Waals surface area contributed by atoms with Crippen LogP contribution in [-0.4, -0.2) is 89.2 Å². The minimum Gasteiger partial charge on any atom is -0.479 e. The summed E-state index contributed by atoms with van der Waals surface area (Å²) in [4.78, 5) is 51.1. The molecule has 12 nitrogen and oxygen atoms in total. The summed E-state index contributed by atoms with van der Waals surface area (Å²) in [5, 5.41) is 31.5. The van der Waals surface area contributed by atoms with Crippen molar-refractivity contribution in [1.29, 1.82) is 0 Å². The highest BCUT2D eigenvalue weighted by molar-refractivity contribution is 5.74. The molecular weight excluding hydrogens is 973 g/mol. The SMILES string of the molecule is CC/C=C\C/C=C\C/C=C\C/C=C\C/C=C\C/C=C\CCC(=O)OCC(COC1OC(C(=O)O)C(O)C(O)C1OC(=O)CCCCCCC/C=C\C/C=C\C/C=C\CC)OC(=O)CCCCCCC/C=C\CCCCCC. The van der Waals surface area contributed by atoms with Crippen molar-refractivity contribution in [2.75, 3.05) is 13.2 Å². The van der Waals surface area contributed by atoms with Crippen molar-refractivity contribution in [3.63, 3.8) is 0 Å². The molecule has 434 valence electrons. The van der Waals surface area contributed by atoms with Crippen molar-refractivity contribution < 1.29 is 58.2 Å². The average molecular weight is 1080 g/mol. The molecule has 1 saturated heterocycles. The lowest BCUT2D eigenvalue weighted by atomic mass is 9.98. The van der Waals surface area contributed by atoms with E-state index >= 15 is 0 Å². The highest BCUT2D eigenvalue weighted by Gasteiger charge is 2.50. The van der Waals surface area contributed by atoms with Crippen LogP contribution in [0.2, 0.25) is 0 Å². The highest BCUT2D eigenvalue weighted by Crippen LogP contribution is 2.26. The van der Waals surface area contributed by atoms with E-state index in [-0.39, 0.29) is 25.9 Å². The number of ether oxygens (including phenoxy) is 5. The lowest BCUT2D eigenvalue weighted by Crippen LogP contribution is -2.61. The molecule has 1 fully saturated rings. The van der Waals surface area contributed by atoms with E-state index < -0.39 is 67.3 Å². The van der Waals surface area contributed by atoms with Crippen molar-refractivity contribution in [1.82, 2.24) is 0 Å². The standard InChI is InChI=1S/C65H102O12/c1-4-7-10-13-16-19-22-25-27-28-29-30-32-34-36-39-42-45-48-51-57(66)73-54-56(75-58(67)52-49-46-43-40-37-33-24-21-18-15-12-9-6-3)55-74-65-63(61(70)60(69)62(77-65)64(71)72)76-59(68)53-50-47-44-41-38-35-31-26-23-20-17-14-11-8-5-2/h7-8,10-11,16-17,19-21,24-27,29-31,34,36,42,45,56,60-63,65,69-70H,4-6,9,12-15,18,22-23,28,32-33,35,37-41,43-44,46-55H2,1-3H3,(H,71,72)/b10-7-,11-8-,19-16-,20-17-,24-21-,27-25-,30-29-,31-26-,36-34-,45-42-. The first-order valence-electron chi connectivity index (χ1n) is 29.5. The minimum atomic E-state index is -1.93. The lowest BCUT2D eigenvalue weighted by Gasteiger charge is -2.40. The molecule has 0 aromatic rings. The summed E-state index contributed by atoms with van der Waals surface area (Å²) in [6.07, 6.45) is 58.9. The van der Waals surface area contributed by atoms with E-state index in [2.05, 4.69) is 130 Å². The molecule has 12 heteroatoms. The van der Waals surface area contributed by atoms with Gasteiger partial charge in [0.1, 0.15) is 18.8 Å². The third-order valence-corrected chi connectivity index (χ3v) is 12.5. The Morgan fingerprint density at radius 3 is 1.31 bits per heavy atom. The van der Waals surface area contributed by atoms with Crippen molar-refractivity contribution in [3.8, 4) is 0 Å². The van der Waals surface area contributed by atoms with Gasteiger partial charge in [-0.15, -0.1) is 0 Å². The fourth-order valence-electron chi connectivity index (χ4n) is 8.05. The summed E-state index contributed by atoms with van der Waals surface area (Å²) in [7, 11) is 0. The molecule has 0 amide bonds. The maximum Gasteiger partial charge on any atom is 0.335 e.